The zero-order valence-corrected chi connectivity index (χ0v) is 14.1. The molecule has 2 rings (SSSR count). The molecule has 0 aromatic heterocycles. The molecule has 6 nitrogen and oxygen atoms in total. The van der Waals surface area contributed by atoms with Crippen molar-refractivity contribution in [2.45, 2.75) is 44.7 Å². The third kappa shape index (κ3) is 3.93. The number of carboxylic acid groups (broad SMARTS) is 1. The zero-order valence-electron chi connectivity index (χ0n) is 14.1. The first-order valence-corrected chi connectivity index (χ1v) is 8.29. The number of nitrogens with one attached hydrogen (secondary N) is 1. The van der Waals surface area contributed by atoms with Gasteiger partial charge in [0.2, 0.25) is 11.8 Å². The summed E-state index contributed by atoms with van der Waals surface area (Å²) in [6.45, 7) is 1.88. The van der Waals surface area contributed by atoms with E-state index in [0.29, 0.717) is 25.7 Å². The Kier molecular flexibility index (Phi) is 5.95. The van der Waals surface area contributed by atoms with Crippen LogP contribution in [0.25, 0.3) is 0 Å². The average Bonchev–Trinajstić information content (AvgIpc) is 2.57. The quantitative estimate of drug-likeness (QED) is 0.834. The van der Waals surface area contributed by atoms with Crippen LogP contribution in [-0.2, 0) is 14.4 Å². The standard InChI is InChI=1S/C18H24N2O4/c1-3-7-14(18(23)24)19-17(22)13-10-11-15(21)20(2)16(13)12-8-5-4-6-9-12/h4-6,8-9,13-14,16H,3,7,10-11H2,1-2H3,(H,19,22)(H,23,24). The second kappa shape index (κ2) is 7.95. The summed E-state index contributed by atoms with van der Waals surface area (Å²) in [4.78, 5) is 37.7. The van der Waals surface area contributed by atoms with Gasteiger partial charge in [0, 0.05) is 13.5 Å². The van der Waals surface area contributed by atoms with E-state index in [1.54, 1.807) is 11.9 Å². The highest BCUT2D eigenvalue weighted by Crippen LogP contribution is 2.35. The fourth-order valence-electron chi connectivity index (χ4n) is 3.24. The average molecular weight is 332 g/mol. The fourth-order valence-corrected chi connectivity index (χ4v) is 3.24. The van der Waals surface area contributed by atoms with E-state index in [2.05, 4.69) is 5.32 Å². The van der Waals surface area contributed by atoms with Crippen LogP contribution in [0.2, 0.25) is 0 Å². The van der Waals surface area contributed by atoms with Crippen LogP contribution in [0, 0.1) is 5.92 Å². The molecule has 0 bridgehead atoms. The number of carboxylic acids is 1. The van der Waals surface area contributed by atoms with Crippen LogP contribution in [0.1, 0.15) is 44.2 Å². The van der Waals surface area contributed by atoms with Crippen molar-refractivity contribution in [2.24, 2.45) is 5.92 Å². The molecule has 2 amide bonds. The van der Waals surface area contributed by atoms with Crippen molar-refractivity contribution in [3.8, 4) is 0 Å². The molecule has 1 fully saturated rings. The van der Waals surface area contributed by atoms with Crippen LogP contribution in [0.5, 0.6) is 0 Å². The summed E-state index contributed by atoms with van der Waals surface area (Å²) in [5, 5.41) is 11.9. The van der Waals surface area contributed by atoms with E-state index in [1.165, 1.54) is 0 Å². The highest BCUT2D eigenvalue weighted by atomic mass is 16.4. The largest absolute Gasteiger partial charge is 0.480 e. The third-order valence-electron chi connectivity index (χ3n) is 4.53. The molecule has 130 valence electrons. The van der Waals surface area contributed by atoms with Crippen molar-refractivity contribution in [3.63, 3.8) is 0 Å². The van der Waals surface area contributed by atoms with E-state index in [0.717, 1.165) is 5.56 Å². The van der Waals surface area contributed by atoms with E-state index in [9.17, 15) is 19.5 Å². The maximum absolute atomic E-state index is 12.7. The lowest BCUT2D eigenvalue weighted by atomic mass is 9.83. The Balaban J connectivity index is 2.23. The molecule has 3 unspecified atom stereocenters. The minimum absolute atomic E-state index is 0.00348. The predicted molar refractivity (Wildman–Crippen MR) is 89.2 cm³/mol. The topological polar surface area (TPSA) is 86.7 Å². The number of nitrogens with zero attached hydrogens (tertiary/aromatic N) is 1. The van der Waals surface area contributed by atoms with Gasteiger partial charge in [0.1, 0.15) is 6.04 Å². The second-order valence-corrected chi connectivity index (χ2v) is 6.19. The molecule has 0 spiro atoms. The Morgan fingerprint density at radius 2 is 2.00 bits per heavy atom. The van der Waals surface area contributed by atoms with Crippen LogP contribution in [0.15, 0.2) is 30.3 Å². The normalized spacial score (nSPS) is 22.1. The Bertz CT molecular complexity index is 602. The van der Waals surface area contributed by atoms with Crippen LogP contribution < -0.4 is 5.32 Å². The third-order valence-corrected chi connectivity index (χ3v) is 4.53. The first-order valence-electron chi connectivity index (χ1n) is 8.29. The number of hydrogen-bond donors (Lipinski definition) is 2. The van der Waals surface area contributed by atoms with Crippen LogP contribution in [0.3, 0.4) is 0 Å². The van der Waals surface area contributed by atoms with Gasteiger partial charge in [0.05, 0.1) is 12.0 Å². The number of rotatable bonds is 6. The van der Waals surface area contributed by atoms with Gasteiger partial charge >= 0.3 is 5.97 Å². The molecule has 3 atom stereocenters. The first kappa shape index (κ1) is 18.0. The summed E-state index contributed by atoms with van der Waals surface area (Å²) < 4.78 is 0. The minimum Gasteiger partial charge on any atom is -0.480 e. The number of piperidine rings is 1. The lowest BCUT2D eigenvalue weighted by molar-refractivity contribution is -0.146. The summed E-state index contributed by atoms with van der Waals surface area (Å²) in [7, 11) is 1.69. The minimum atomic E-state index is -1.03. The summed E-state index contributed by atoms with van der Waals surface area (Å²) in [5.41, 5.74) is 0.885. The number of likely N-dealkylation sites (tertiary alicyclic amines) is 1. The molecule has 1 heterocycles. The smallest absolute Gasteiger partial charge is 0.326 e. The molecule has 1 aliphatic rings. The van der Waals surface area contributed by atoms with E-state index in [-0.39, 0.29) is 17.9 Å². The molecule has 24 heavy (non-hydrogen) atoms. The number of hydrogen-bond acceptors (Lipinski definition) is 3. The van der Waals surface area contributed by atoms with Crippen LogP contribution in [-0.4, -0.2) is 40.9 Å². The Hall–Kier alpha value is -2.37. The van der Waals surface area contributed by atoms with Crippen LogP contribution >= 0.6 is 0 Å². The molecule has 1 aromatic rings. The molecule has 6 heteroatoms. The highest BCUT2D eigenvalue weighted by molar-refractivity contribution is 5.88. The van der Waals surface area contributed by atoms with Gasteiger partial charge in [-0.1, -0.05) is 43.7 Å². The molecular weight excluding hydrogens is 308 g/mol. The number of aliphatic carboxylic acids is 1. The van der Waals surface area contributed by atoms with Gasteiger partial charge in [-0.05, 0) is 18.4 Å². The van der Waals surface area contributed by atoms with Crippen molar-refractivity contribution in [3.05, 3.63) is 35.9 Å². The molecule has 0 saturated carbocycles. The van der Waals surface area contributed by atoms with Gasteiger partial charge in [-0.15, -0.1) is 0 Å². The van der Waals surface area contributed by atoms with E-state index < -0.39 is 17.9 Å². The number of carbonyl (C=O) groups is 3. The summed E-state index contributed by atoms with van der Waals surface area (Å²) in [6.07, 6.45) is 1.78. The molecule has 1 aromatic carbocycles. The molecule has 1 aliphatic heterocycles. The monoisotopic (exact) mass is 332 g/mol. The van der Waals surface area contributed by atoms with E-state index in [1.807, 2.05) is 37.3 Å². The Morgan fingerprint density at radius 3 is 2.58 bits per heavy atom. The highest BCUT2D eigenvalue weighted by Gasteiger charge is 2.39. The second-order valence-electron chi connectivity index (χ2n) is 6.19. The Labute approximate surface area is 141 Å². The number of amides is 2. The number of carbonyl (C=O) groups excluding carboxylic acids is 2. The maximum atomic E-state index is 12.7. The fraction of sp³-hybridized carbons (Fsp3) is 0.500. The summed E-state index contributed by atoms with van der Waals surface area (Å²) in [6, 6.07) is 8.14. The van der Waals surface area contributed by atoms with Gasteiger partial charge in [0.15, 0.2) is 0 Å². The Morgan fingerprint density at radius 1 is 1.33 bits per heavy atom. The van der Waals surface area contributed by atoms with Crippen molar-refractivity contribution < 1.29 is 19.5 Å². The van der Waals surface area contributed by atoms with Crippen molar-refractivity contribution in [1.82, 2.24) is 10.2 Å². The lowest BCUT2D eigenvalue weighted by Gasteiger charge is -2.39. The number of benzene rings is 1. The molecule has 2 N–H and O–H groups in total. The van der Waals surface area contributed by atoms with Gasteiger partial charge in [-0.3, -0.25) is 9.59 Å². The van der Waals surface area contributed by atoms with E-state index >= 15 is 0 Å². The first-order chi connectivity index (χ1) is 11.5. The molecule has 0 radical (unpaired) electrons. The summed E-state index contributed by atoms with van der Waals surface area (Å²) >= 11 is 0. The molecule has 1 saturated heterocycles. The van der Waals surface area contributed by atoms with Gasteiger partial charge < -0.3 is 15.3 Å². The van der Waals surface area contributed by atoms with Gasteiger partial charge in [-0.25, -0.2) is 4.79 Å². The maximum Gasteiger partial charge on any atom is 0.326 e. The SMILES string of the molecule is CCCC(NC(=O)C1CCC(=O)N(C)C1c1ccccc1)C(=O)O. The van der Waals surface area contributed by atoms with E-state index in [4.69, 9.17) is 0 Å². The van der Waals surface area contributed by atoms with Gasteiger partial charge in [0.25, 0.3) is 0 Å². The molecule has 0 aliphatic carbocycles. The summed E-state index contributed by atoms with van der Waals surface area (Å²) in [5.74, 6) is -1.78. The van der Waals surface area contributed by atoms with Crippen molar-refractivity contribution in [1.29, 1.82) is 0 Å². The predicted octanol–water partition coefficient (Wildman–Crippen LogP) is 1.97. The van der Waals surface area contributed by atoms with Crippen LogP contribution in [0.4, 0.5) is 0 Å². The molecular formula is C18H24N2O4. The van der Waals surface area contributed by atoms with Crippen molar-refractivity contribution in [2.75, 3.05) is 7.05 Å². The van der Waals surface area contributed by atoms with Gasteiger partial charge in [-0.2, -0.15) is 0 Å². The zero-order chi connectivity index (χ0) is 17.7. The lowest BCUT2D eigenvalue weighted by Crippen LogP contribution is -2.50. The van der Waals surface area contributed by atoms with Crippen molar-refractivity contribution >= 4 is 17.8 Å².